The number of para-hydroxylation sites is 1. The van der Waals surface area contributed by atoms with Gasteiger partial charge >= 0.3 is 0 Å². The third-order valence-electron chi connectivity index (χ3n) is 5.08. The number of nitrogens with zero attached hydrogens (tertiary/aromatic N) is 2. The Morgan fingerprint density at radius 1 is 1.00 bits per heavy atom. The number of ketones is 1. The molecular formula is C26H21FN2O3. The van der Waals surface area contributed by atoms with Crippen molar-refractivity contribution in [2.75, 3.05) is 6.61 Å². The van der Waals surface area contributed by atoms with Crippen LogP contribution in [0.15, 0.2) is 77.6 Å². The minimum atomic E-state index is -0.328. The number of rotatable bonds is 7. The van der Waals surface area contributed by atoms with Gasteiger partial charge in [-0.05, 0) is 54.5 Å². The predicted molar refractivity (Wildman–Crippen MR) is 123 cm³/mol. The molecule has 1 N–H and O–H groups in total. The van der Waals surface area contributed by atoms with Gasteiger partial charge in [-0.2, -0.15) is 0 Å². The Hall–Kier alpha value is -3.90. The number of hydrogen-bond donors (Lipinski definition) is 1. The largest absolute Gasteiger partial charge is 0.396 e. The second kappa shape index (κ2) is 9.49. The molecule has 32 heavy (non-hydrogen) atoms. The number of fused-ring (bicyclic) bond motifs is 1. The molecule has 0 saturated carbocycles. The first kappa shape index (κ1) is 21.3. The van der Waals surface area contributed by atoms with E-state index in [9.17, 15) is 14.0 Å². The molecule has 4 rings (SSSR count). The zero-order valence-corrected chi connectivity index (χ0v) is 17.2. The number of halogens is 1. The highest BCUT2D eigenvalue weighted by atomic mass is 19.1. The van der Waals surface area contributed by atoms with E-state index in [0.29, 0.717) is 34.4 Å². The van der Waals surface area contributed by atoms with E-state index in [-0.39, 0.29) is 30.2 Å². The van der Waals surface area contributed by atoms with Crippen molar-refractivity contribution in [2.45, 2.75) is 12.8 Å². The molecule has 0 aliphatic heterocycles. The molecule has 1 heterocycles. The van der Waals surface area contributed by atoms with Gasteiger partial charge in [0.1, 0.15) is 11.6 Å². The van der Waals surface area contributed by atoms with Crippen LogP contribution in [-0.2, 0) is 0 Å². The quantitative estimate of drug-likeness (QED) is 0.435. The summed E-state index contributed by atoms with van der Waals surface area (Å²) in [4.78, 5) is 30.5. The Labute approximate surface area is 184 Å². The van der Waals surface area contributed by atoms with E-state index in [1.54, 1.807) is 66.7 Å². The van der Waals surface area contributed by atoms with E-state index < -0.39 is 0 Å². The molecule has 4 aromatic rings. The number of aliphatic hydroxyl groups excluding tert-OH is 1. The Balaban J connectivity index is 1.85. The van der Waals surface area contributed by atoms with Crippen molar-refractivity contribution < 1.29 is 14.3 Å². The van der Waals surface area contributed by atoms with Crippen LogP contribution >= 0.6 is 0 Å². The van der Waals surface area contributed by atoms with Crippen molar-refractivity contribution in [1.29, 1.82) is 0 Å². The highest BCUT2D eigenvalue weighted by Crippen LogP contribution is 2.18. The number of Topliss-reactive ketones (excluding diaryl/α,β-unsaturated/α-hetero) is 1. The van der Waals surface area contributed by atoms with E-state index in [1.807, 2.05) is 6.07 Å². The van der Waals surface area contributed by atoms with Gasteiger partial charge in [0.25, 0.3) is 5.56 Å². The molecule has 0 saturated heterocycles. The first-order valence-corrected chi connectivity index (χ1v) is 10.3. The smallest absolute Gasteiger partial charge is 0.266 e. The van der Waals surface area contributed by atoms with Gasteiger partial charge in [0.2, 0.25) is 0 Å². The summed E-state index contributed by atoms with van der Waals surface area (Å²) < 4.78 is 14.7. The number of aliphatic hydroxyl groups is 1. The van der Waals surface area contributed by atoms with Gasteiger partial charge in [-0.3, -0.25) is 14.2 Å². The number of hydrogen-bond acceptors (Lipinski definition) is 4. The van der Waals surface area contributed by atoms with E-state index in [0.717, 1.165) is 5.56 Å². The Bertz CT molecular complexity index is 1360. The molecule has 0 amide bonds. The third-order valence-corrected chi connectivity index (χ3v) is 5.08. The molecule has 0 bridgehead atoms. The number of benzene rings is 3. The molecule has 0 aliphatic carbocycles. The standard InChI is InChI=1S/C26H21FN2O3/c27-20-13-10-18(11-14-20)12-15-25-28-23-8-2-1-7-22(23)26(32)29(25)21-6-3-5-19(17-21)24(31)9-4-16-30/h1-3,5-8,10-15,17,30H,4,9,16H2/b15-12+. The van der Waals surface area contributed by atoms with Crippen LogP contribution in [0.2, 0.25) is 0 Å². The molecule has 160 valence electrons. The zero-order valence-electron chi connectivity index (χ0n) is 17.2. The summed E-state index contributed by atoms with van der Waals surface area (Å²) in [6, 6.07) is 19.9. The predicted octanol–water partition coefficient (Wildman–Crippen LogP) is 4.65. The summed E-state index contributed by atoms with van der Waals surface area (Å²) >= 11 is 0. The second-order valence-corrected chi connectivity index (χ2v) is 7.31. The summed E-state index contributed by atoms with van der Waals surface area (Å²) in [5.74, 6) is -0.0466. The maximum atomic E-state index is 13.4. The normalized spacial score (nSPS) is 11.3. The van der Waals surface area contributed by atoms with Crippen molar-refractivity contribution in [3.05, 3.63) is 106 Å². The average Bonchev–Trinajstić information content (AvgIpc) is 2.82. The summed E-state index contributed by atoms with van der Waals surface area (Å²) in [7, 11) is 0. The second-order valence-electron chi connectivity index (χ2n) is 7.31. The first-order valence-electron chi connectivity index (χ1n) is 10.3. The van der Waals surface area contributed by atoms with Crippen LogP contribution in [0.4, 0.5) is 4.39 Å². The van der Waals surface area contributed by atoms with Gasteiger partial charge in [-0.1, -0.05) is 42.5 Å². The Morgan fingerprint density at radius 2 is 1.78 bits per heavy atom. The van der Waals surface area contributed by atoms with Gasteiger partial charge < -0.3 is 5.11 Å². The van der Waals surface area contributed by atoms with E-state index in [1.165, 1.54) is 16.7 Å². The zero-order chi connectivity index (χ0) is 22.5. The fraction of sp³-hybridized carbons (Fsp3) is 0.115. The van der Waals surface area contributed by atoms with Crippen LogP contribution in [0.25, 0.3) is 28.7 Å². The van der Waals surface area contributed by atoms with Crippen LogP contribution in [0.5, 0.6) is 0 Å². The average molecular weight is 428 g/mol. The van der Waals surface area contributed by atoms with E-state index in [4.69, 9.17) is 5.11 Å². The molecule has 1 aromatic heterocycles. The lowest BCUT2D eigenvalue weighted by Crippen LogP contribution is -2.22. The van der Waals surface area contributed by atoms with Gasteiger partial charge in [0, 0.05) is 18.6 Å². The molecule has 3 aromatic carbocycles. The van der Waals surface area contributed by atoms with Gasteiger partial charge in [0.05, 0.1) is 16.6 Å². The number of carbonyl (C=O) groups is 1. The minimum Gasteiger partial charge on any atom is -0.396 e. The maximum Gasteiger partial charge on any atom is 0.266 e. The monoisotopic (exact) mass is 428 g/mol. The summed E-state index contributed by atoms with van der Waals surface area (Å²) in [5, 5.41) is 9.46. The molecule has 0 atom stereocenters. The lowest BCUT2D eigenvalue weighted by atomic mass is 10.1. The fourth-order valence-corrected chi connectivity index (χ4v) is 3.46. The van der Waals surface area contributed by atoms with Crippen molar-refractivity contribution in [2.24, 2.45) is 0 Å². The summed E-state index contributed by atoms with van der Waals surface area (Å²) in [5.41, 5.74) is 2.04. The lowest BCUT2D eigenvalue weighted by molar-refractivity contribution is 0.0971. The van der Waals surface area contributed by atoms with Gasteiger partial charge in [-0.25, -0.2) is 9.37 Å². The molecule has 0 aliphatic rings. The lowest BCUT2D eigenvalue weighted by Gasteiger charge is -2.12. The third kappa shape index (κ3) is 4.55. The molecule has 0 unspecified atom stereocenters. The van der Waals surface area contributed by atoms with Gasteiger partial charge in [-0.15, -0.1) is 0 Å². The highest BCUT2D eigenvalue weighted by Gasteiger charge is 2.13. The van der Waals surface area contributed by atoms with Gasteiger partial charge in [0.15, 0.2) is 5.78 Å². The number of aromatic nitrogens is 2. The van der Waals surface area contributed by atoms with Crippen LogP contribution in [-0.4, -0.2) is 27.0 Å². The van der Waals surface area contributed by atoms with Crippen molar-refractivity contribution in [3.8, 4) is 5.69 Å². The van der Waals surface area contributed by atoms with Crippen molar-refractivity contribution in [1.82, 2.24) is 9.55 Å². The van der Waals surface area contributed by atoms with Crippen LogP contribution < -0.4 is 5.56 Å². The van der Waals surface area contributed by atoms with Crippen LogP contribution in [0, 0.1) is 5.82 Å². The topological polar surface area (TPSA) is 72.2 Å². The molecule has 0 spiro atoms. The summed E-state index contributed by atoms with van der Waals surface area (Å²) in [6.45, 7) is -0.0577. The number of carbonyl (C=O) groups excluding carboxylic acids is 1. The molecule has 6 heteroatoms. The molecule has 5 nitrogen and oxygen atoms in total. The Kier molecular flexibility index (Phi) is 6.33. The summed E-state index contributed by atoms with van der Waals surface area (Å²) in [6.07, 6.45) is 4.05. The highest BCUT2D eigenvalue weighted by molar-refractivity contribution is 5.96. The fourth-order valence-electron chi connectivity index (χ4n) is 3.46. The van der Waals surface area contributed by atoms with Crippen LogP contribution in [0.1, 0.15) is 34.6 Å². The van der Waals surface area contributed by atoms with E-state index >= 15 is 0 Å². The van der Waals surface area contributed by atoms with E-state index in [2.05, 4.69) is 4.98 Å². The molecular weight excluding hydrogens is 407 g/mol. The molecule has 0 radical (unpaired) electrons. The maximum absolute atomic E-state index is 13.4. The SMILES string of the molecule is O=C(CCCO)c1cccc(-n2c(/C=C/c3ccc(F)cc3)nc3ccccc3c2=O)c1. The van der Waals surface area contributed by atoms with Crippen molar-refractivity contribution in [3.63, 3.8) is 0 Å². The van der Waals surface area contributed by atoms with Crippen LogP contribution in [0.3, 0.4) is 0 Å². The Morgan fingerprint density at radius 3 is 2.56 bits per heavy atom. The first-order chi connectivity index (χ1) is 15.6. The van der Waals surface area contributed by atoms with Crippen molar-refractivity contribution >= 4 is 28.8 Å². The molecule has 0 fully saturated rings. The minimum absolute atomic E-state index is 0.0577.